The molecule has 1 N–H and O–H groups in total. The fourth-order valence-electron chi connectivity index (χ4n) is 1.46. The lowest BCUT2D eigenvalue weighted by Crippen LogP contribution is -2.29. The van der Waals surface area contributed by atoms with Crippen LogP contribution < -0.4 is 5.01 Å². The van der Waals surface area contributed by atoms with Crippen molar-refractivity contribution in [3.63, 3.8) is 0 Å². The van der Waals surface area contributed by atoms with E-state index in [4.69, 9.17) is 5.53 Å². The molecule has 5 nitrogen and oxygen atoms in total. The maximum atomic E-state index is 11.7. The Bertz CT molecular complexity index is 426. The smallest absolute Gasteiger partial charge is 0.269 e. The first-order valence-electron chi connectivity index (χ1n) is 4.54. The number of anilines is 1. The van der Waals surface area contributed by atoms with Crippen LogP contribution in [0.15, 0.2) is 40.5 Å². The van der Waals surface area contributed by atoms with Gasteiger partial charge in [-0.05, 0) is 19.1 Å². The minimum absolute atomic E-state index is 0.270. The van der Waals surface area contributed by atoms with E-state index in [0.717, 1.165) is 0 Å². The van der Waals surface area contributed by atoms with E-state index < -0.39 is 6.04 Å². The van der Waals surface area contributed by atoms with Gasteiger partial charge in [0.2, 0.25) is 0 Å². The minimum atomic E-state index is -0.745. The largest absolute Gasteiger partial charge is 0.280 e. The minimum Gasteiger partial charge on any atom is -0.269 e. The van der Waals surface area contributed by atoms with Crippen molar-refractivity contribution >= 4 is 17.3 Å². The van der Waals surface area contributed by atoms with Crippen molar-refractivity contribution in [2.45, 2.75) is 13.0 Å². The van der Waals surface area contributed by atoms with E-state index in [0.29, 0.717) is 11.4 Å². The van der Waals surface area contributed by atoms with Gasteiger partial charge in [-0.2, -0.15) is 15.2 Å². The Labute approximate surface area is 86.9 Å². The van der Waals surface area contributed by atoms with Gasteiger partial charge >= 0.3 is 0 Å². The number of benzene rings is 1. The molecule has 1 heterocycles. The highest BCUT2D eigenvalue weighted by Crippen LogP contribution is 2.21. The van der Waals surface area contributed by atoms with E-state index in [1.54, 1.807) is 19.1 Å². The molecular formula is C10H10N4O. The van der Waals surface area contributed by atoms with Gasteiger partial charge in [0.15, 0.2) is 6.04 Å². The van der Waals surface area contributed by atoms with Gasteiger partial charge in [-0.1, -0.05) is 18.2 Å². The number of nitrogens with zero attached hydrogens (tertiary/aromatic N) is 3. The molecule has 0 aromatic heterocycles. The van der Waals surface area contributed by atoms with Gasteiger partial charge in [-0.15, -0.1) is 0 Å². The molecule has 0 bridgehead atoms. The zero-order chi connectivity index (χ0) is 10.8. The molecule has 1 amide bonds. The number of hydrogen-bond donors (Lipinski definition) is 1. The van der Waals surface area contributed by atoms with Crippen LogP contribution in [0.3, 0.4) is 0 Å². The van der Waals surface area contributed by atoms with E-state index in [9.17, 15) is 4.79 Å². The van der Waals surface area contributed by atoms with Crippen LogP contribution in [-0.2, 0) is 4.79 Å². The Morgan fingerprint density at radius 3 is 2.60 bits per heavy atom. The third kappa shape index (κ3) is 1.52. The number of hydrazone groups is 1. The second-order valence-corrected chi connectivity index (χ2v) is 3.26. The topological polar surface area (TPSA) is 68.9 Å². The maximum Gasteiger partial charge on any atom is 0.280 e. The normalized spacial score (nSPS) is 20.3. The van der Waals surface area contributed by atoms with Crippen molar-refractivity contribution in [3.05, 3.63) is 30.3 Å². The van der Waals surface area contributed by atoms with Crippen LogP contribution >= 0.6 is 0 Å². The number of nitrogens with one attached hydrogen (secondary N) is 1. The predicted molar refractivity (Wildman–Crippen MR) is 56.0 cm³/mol. The van der Waals surface area contributed by atoms with E-state index in [-0.39, 0.29) is 5.91 Å². The predicted octanol–water partition coefficient (Wildman–Crippen LogP) is 1.81. The standard InChI is InChI=1S/C10H10N4O/c1-7-9(12-11)10(15)14(13-7)8-5-3-2-4-6-8/h2-6,9,11H,1H3/t9-/m1/s1. The number of hydrogen-bond acceptors (Lipinski definition) is 4. The average molecular weight is 202 g/mol. The van der Waals surface area contributed by atoms with Gasteiger partial charge in [0.1, 0.15) is 0 Å². The Hall–Kier alpha value is -2.04. The van der Waals surface area contributed by atoms with Gasteiger partial charge in [0.25, 0.3) is 5.91 Å². The Morgan fingerprint density at radius 2 is 2.07 bits per heavy atom. The molecule has 0 unspecified atom stereocenters. The van der Waals surface area contributed by atoms with E-state index in [2.05, 4.69) is 10.2 Å². The van der Waals surface area contributed by atoms with Crippen LogP contribution in [-0.4, -0.2) is 17.7 Å². The molecule has 1 aromatic carbocycles. The van der Waals surface area contributed by atoms with Crippen molar-refractivity contribution < 1.29 is 4.79 Å². The highest BCUT2D eigenvalue weighted by molar-refractivity contribution is 6.18. The summed E-state index contributed by atoms with van der Waals surface area (Å²) in [4.78, 5) is 11.7. The molecular weight excluding hydrogens is 192 g/mol. The molecule has 1 aliphatic heterocycles. The van der Waals surface area contributed by atoms with Crippen molar-refractivity contribution in [2.24, 2.45) is 10.2 Å². The van der Waals surface area contributed by atoms with E-state index in [1.807, 2.05) is 18.2 Å². The fourth-order valence-corrected chi connectivity index (χ4v) is 1.46. The molecule has 0 saturated heterocycles. The van der Waals surface area contributed by atoms with Crippen LogP contribution in [0.25, 0.3) is 0 Å². The quantitative estimate of drug-likeness (QED) is 0.730. The van der Waals surface area contributed by atoms with Crippen molar-refractivity contribution in [3.8, 4) is 0 Å². The summed E-state index contributed by atoms with van der Waals surface area (Å²) in [5.41, 5.74) is 8.17. The SMILES string of the molecule is CC1=NN(c2ccccc2)C(=O)[C@@H]1N=N. The molecule has 0 saturated carbocycles. The maximum absolute atomic E-state index is 11.7. The molecule has 15 heavy (non-hydrogen) atoms. The monoisotopic (exact) mass is 202 g/mol. The second kappa shape index (κ2) is 3.61. The van der Waals surface area contributed by atoms with Gasteiger partial charge < -0.3 is 0 Å². The Kier molecular flexibility index (Phi) is 2.29. The summed E-state index contributed by atoms with van der Waals surface area (Å²) in [5.74, 6) is -0.270. The molecule has 1 aliphatic rings. The molecule has 1 atom stereocenters. The van der Waals surface area contributed by atoms with E-state index >= 15 is 0 Å². The second-order valence-electron chi connectivity index (χ2n) is 3.26. The number of carbonyl (C=O) groups is 1. The highest BCUT2D eigenvalue weighted by Gasteiger charge is 2.34. The summed E-state index contributed by atoms with van der Waals surface area (Å²) >= 11 is 0. The summed E-state index contributed by atoms with van der Waals surface area (Å²) in [6.45, 7) is 1.70. The number of amides is 1. The lowest BCUT2D eigenvalue weighted by atomic mass is 10.2. The third-order valence-corrected chi connectivity index (χ3v) is 2.23. The lowest BCUT2D eigenvalue weighted by molar-refractivity contribution is -0.117. The van der Waals surface area contributed by atoms with Crippen LogP contribution in [0, 0.1) is 5.53 Å². The Morgan fingerprint density at radius 1 is 1.40 bits per heavy atom. The summed E-state index contributed by atoms with van der Waals surface area (Å²) < 4.78 is 0. The van der Waals surface area contributed by atoms with Crippen LogP contribution in [0.2, 0.25) is 0 Å². The first-order chi connectivity index (χ1) is 7.24. The molecule has 0 spiro atoms. The number of carbonyl (C=O) groups excluding carboxylic acids is 1. The Balaban J connectivity index is 2.35. The first kappa shape index (κ1) is 9.51. The molecule has 0 fully saturated rings. The number of rotatable bonds is 2. The summed E-state index contributed by atoms with van der Waals surface area (Å²) in [6.07, 6.45) is 0. The van der Waals surface area contributed by atoms with Gasteiger partial charge in [0.05, 0.1) is 11.4 Å². The van der Waals surface area contributed by atoms with Crippen LogP contribution in [0.1, 0.15) is 6.92 Å². The zero-order valence-corrected chi connectivity index (χ0v) is 8.21. The van der Waals surface area contributed by atoms with Crippen molar-refractivity contribution in [1.29, 1.82) is 5.53 Å². The summed E-state index contributed by atoms with van der Waals surface area (Å²) in [5, 5.41) is 8.62. The van der Waals surface area contributed by atoms with Gasteiger partial charge in [-0.3, -0.25) is 4.79 Å². The first-order valence-corrected chi connectivity index (χ1v) is 4.54. The molecule has 2 rings (SSSR count). The molecule has 0 aliphatic carbocycles. The summed E-state index contributed by atoms with van der Waals surface area (Å²) in [7, 11) is 0. The number of para-hydroxylation sites is 1. The average Bonchev–Trinajstić information content (AvgIpc) is 2.55. The fraction of sp³-hybridized carbons (Fsp3) is 0.200. The van der Waals surface area contributed by atoms with Crippen LogP contribution in [0.4, 0.5) is 5.69 Å². The lowest BCUT2D eigenvalue weighted by Gasteiger charge is -2.11. The van der Waals surface area contributed by atoms with Gasteiger partial charge in [-0.25, -0.2) is 5.53 Å². The molecule has 0 radical (unpaired) electrons. The van der Waals surface area contributed by atoms with Crippen LogP contribution in [0.5, 0.6) is 0 Å². The zero-order valence-electron chi connectivity index (χ0n) is 8.21. The van der Waals surface area contributed by atoms with Crippen molar-refractivity contribution in [2.75, 3.05) is 5.01 Å². The molecule has 76 valence electrons. The van der Waals surface area contributed by atoms with E-state index in [1.165, 1.54) is 5.01 Å². The molecule has 5 heteroatoms. The molecule has 1 aromatic rings. The third-order valence-electron chi connectivity index (χ3n) is 2.23. The van der Waals surface area contributed by atoms with Crippen molar-refractivity contribution in [1.82, 2.24) is 0 Å². The highest BCUT2D eigenvalue weighted by atomic mass is 16.2. The van der Waals surface area contributed by atoms with Gasteiger partial charge in [0, 0.05) is 0 Å². The summed E-state index contributed by atoms with van der Waals surface area (Å²) in [6, 6.07) is 8.37.